The van der Waals surface area contributed by atoms with Crippen LogP contribution in [-0.2, 0) is 16.0 Å². The lowest BCUT2D eigenvalue weighted by Crippen LogP contribution is -2.09. The molecule has 0 bridgehead atoms. The summed E-state index contributed by atoms with van der Waals surface area (Å²) in [5.74, 6) is -1.33. The van der Waals surface area contributed by atoms with Crippen LogP contribution < -0.4 is 0 Å². The molecule has 0 atom stereocenters. The summed E-state index contributed by atoms with van der Waals surface area (Å²) in [4.78, 5) is 21.2. The van der Waals surface area contributed by atoms with Crippen molar-refractivity contribution in [2.75, 3.05) is 6.61 Å². The molecule has 7 heteroatoms. The molecule has 17 heavy (non-hydrogen) atoms. The van der Waals surface area contributed by atoms with Crippen LogP contribution in [0.5, 0.6) is 0 Å². The number of benzene rings is 1. The summed E-state index contributed by atoms with van der Waals surface area (Å²) in [6, 6.07) is 1.99. The maximum Gasteiger partial charge on any atom is 0.310 e. The van der Waals surface area contributed by atoms with E-state index < -0.39 is 22.4 Å². The van der Waals surface area contributed by atoms with Gasteiger partial charge in [-0.3, -0.25) is 14.9 Å². The Morgan fingerprint density at radius 1 is 1.59 bits per heavy atom. The van der Waals surface area contributed by atoms with E-state index in [1.807, 2.05) is 0 Å². The first-order valence-electron chi connectivity index (χ1n) is 4.73. The predicted molar refractivity (Wildman–Crippen MR) is 61.1 cm³/mol. The van der Waals surface area contributed by atoms with Crippen molar-refractivity contribution in [3.05, 3.63) is 38.1 Å². The number of nitro groups is 1. The normalized spacial score (nSPS) is 10.1. The van der Waals surface area contributed by atoms with Gasteiger partial charge < -0.3 is 4.74 Å². The van der Waals surface area contributed by atoms with E-state index in [1.54, 1.807) is 6.92 Å². The molecule has 0 aliphatic carbocycles. The maximum atomic E-state index is 13.1. The molecule has 0 aromatic heterocycles. The first-order chi connectivity index (χ1) is 7.95. The van der Waals surface area contributed by atoms with Crippen LogP contribution in [0.25, 0.3) is 0 Å². The standard InChI is InChI=1S/C10H9BrFNO4/c1-2-17-10(14)4-6-3-7(11)8(12)5-9(6)13(15)16/h3,5H,2,4H2,1H3. The van der Waals surface area contributed by atoms with Gasteiger partial charge in [0.2, 0.25) is 0 Å². The van der Waals surface area contributed by atoms with Crippen molar-refractivity contribution in [1.82, 2.24) is 0 Å². The molecule has 0 radical (unpaired) electrons. The molecule has 0 amide bonds. The van der Waals surface area contributed by atoms with Crippen LogP contribution in [0.3, 0.4) is 0 Å². The third-order valence-electron chi connectivity index (χ3n) is 1.96. The van der Waals surface area contributed by atoms with E-state index in [4.69, 9.17) is 0 Å². The van der Waals surface area contributed by atoms with E-state index >= 15 is 0 Å². The van der Waals surface area contributed by atoms with Crippen molar-refractivity contribution in [3.8, 4) is 0 Å². The first kappa shape index (κ1) is 13.6. The van der Waals surface area contributed by atoms with Gasteiger partial charge in [-0.15, -0.1) is 0 Å². The second-order valence-corrected chi connectivity index (χ2v) is 3.99. The summed E-state index contributed by atoms with van der Waals surface area (Å²) in [5.41, 5.74) is -0.319. The minimum absolute atomic E-state index is 0.0717. The van der Waals surface area contributed by atoms with Crippen molar-refractivity contribution in [2.45, 2.75) is 13.3 Å². The molecular formula is C10H9BrFNO4. The third kappa shape index (κ3) is 3.48. The van der Waals surface area contributed by atoms with Crippen molar-refractivity contribution in [1.29, 1.82) is 0 Å². The predicted octanol–water partition coefficient (Wildman–Crippen LogP) is 2.60. The number of hydrogen-bond acceptors (Lipinski definition) is 4. The molecule has 0 aliphatic heterocycles. The van der Waals surface area contributed by atoms with Crippen LogP contribution in [0.1, 0.15) is 12.5 Å². The number of nitro benzene ring substituents is 1. The summed E-state index contributed by atoms with van der Waals surface area (Å²) in [7, 11) is 0. The topological polar surface area (TPSA) is 69.4 Å². The van der Waals surface area contributed by atoms with Crippen molar-refractivity contribution < 1.29 is 18.8 Å². The van der Waals surface area contributed by atoms with E-state index in [0.29, 0.717) is 0 Å². The first-order valence-corrected chi connectivity index (χ1v) is 5.53. The van der Waals surface area contributed by atoms with Gasteiger partial charge in [0.15, 0.2) is 0 Å². The summed E-state index contributed by atoms with van der Waals surface area (Å²) in [5, 5.41) is 10.7. The van der Waals surface area contributed by atoms with Gasteiger partial charge in [-0.1, -0.05) is 0 Å². The van der Waals surface area contributed by atoms with E-state index in [0.717, 1.165) is 6.07 Å². The van der Waals surface area contributed by atoms with Crippen LogP contribution in [0.2, 0.25) is 0 Å². The van der Waals surface area contributed by atoms with E-state index in [9.17, 15) is 19.3 Å². The molecule has 1 rings (SSSR count). The molecule has 5 nitrogen and oxygen atoms in total. The lowest BCUT2D eigenvalue weighted by atomic mass is 10.1. The molecule has 1 aromatic carbocycles. The number of carbonyl (C=O) groups excluding carboxylic acids is 1. The average Bonchev–Trinajstić information content (AvgIpc) is 2.23. The quantitative estimate of drug-likeness (QED) is 0.487. The van der Waals surface area contributed by atoms with Crippen LogP contribution in [0.4, 0.5) is 10.1 Å². The van der Waals surface area contributed by atoms with Crippen molar-refractivity contribution >= 4 is 27.6 Å². The van der Waals surface area contributed by atoms with E-state index in [2.05, 4.69) is 20.7 Å². The monoisotopic (exact) mass is 305 g/mol. The Hall–Kier alpha value is -1.50. The Morgan fingerprint density at radius 3 is 2.76 bits per heavy atom. The Bertz CT molecular complexity index is 464. The second kappa shape index (κ2) is 5.72. The smallest absolute Gasteiger partial charge is 0.310 e. The van der Waals surface area contributed by atoms with E-state index in [-0.39, 0.29) is 23.1 Å². The highest BCUT2D eigenvalue weighted by Crippen LogP contribution is 2.26. The molecule has 0 aliphatic rings. The number of hydrogen-bond donors (Lipinski definition) is 0. The van der Waals surface area contributed by atoms with Gasteiger partial charge in [-0.25, -0.2) is 4.39 Å². The van der Waals surface area contributed by atoms with Gasteiger partial charge in [-0.2, -0.15) is 0 Å². The summed E-state index contributed by atoms with van der Waals surface area (Å²) in [6.45, 7) is 1.82. The fourth-order valence-corrected chi connectivity index (χ4v) is 1.65. The molecule has 0 unspecified atom stereocenters. The highest BCUT2D eigenvalue weighted by atomic mass is 79.9. The molecule has 0 saturated heterocycles. The van der Waals surface area contributed by atoms with Gasteiger partial charge in [0.25, 0.3) is 5.69 Å². The molecule has 1 aromatic rings. The number of carbonyl (C=O) groups is 1. The molecular weight excluding hydrogens is 297 g/mol. The number of halogens is 2. The van der Waals surface area contributed by atoms with Gasteiger partial charge in [0.05, 0.1) is 28.5 Å². The molecule has 92 valence electrons. The maximum absolute atomic E-state index is 13.1. The zero-order valence-electron chi connectivity index (χ0n) is 8.91. The zero-order chi connectivity index (χ0) is 13.0. The van der Waals surface area contributed by atoms with E-state index in [1.165, 1.54) is 6.07 Å². The van der Waals surface area contributed by atoms with Crippen LogP contribution in [0.15, 0.2) is 16.6 Å². The molecule has 0 fully saturated rings. The Labute approximate surface area is 105 Å². The Morgan fingerprint density at radius 2 is 2.24 bits per heavy atom. The van der Waals surface area contributed by atoms with Crippen LogP contribution >= 0.6 is 15.9 Å². The average molecular weight is 306 g/mol. The fraction of sp³-hybridized carbons (Fsp3) is 0.300. The molecule has 0 N–H and O–H groups in total. The minimum Gasteiger partial charge on any atom is -0.466 e. The zero-order valence-corrected chi connectivity index (χ0v) is 10.5. The van der Waals surface area contributed by atoms with Gasteiger partial charge in [0, 0.05) is 5.56 Å². The molecule has 0 heterocycles. The number of esters is 1. The summed E-state index contributed by atoms with van der Waals surface area (Å²) >= 11 is 2.91. The molecule has 0 saturated carbocycles. The summed E-state index contributed by atoms with van der Waals surface area (Å²) in [6.07, 6.45) is -0.261. The number of ether oxygens (including phenoxy) is 1. The van der Waals surface area contributed by atoms with Gasteiger partial charge in [0.1, 0.15) is 5.82 Å². The third-order valence-corrected chi connectivity index (χ3v) is 2.57. The number of nitrogens with zero attached hydrogens (tertiary/aromatic N) is 1. The van der Waals surface area contributed by atoms with Crippen molar-refractivity contribution in [2.24, 2.45) is 0 Å². The minimum atomic E-state index is -0.746. The van der Waals surface area contributed by atoms with Gasteiger partial charge >= 0.3 is 5.97 Å². The largest absolute Gasteiger partial charge is 0.466 e. The lowest BCUT2D eigenvalue weighted by Gasteiger charge is -2.04. The fourth-order valence-electron chi connectivity index (χ4n) is 1.26. The van der Waals surface area contributed by atoms with Crippen LogP contribution in [-0.4, -0.2) is 17.5 Å². The number of rotatable bonds is 4. The molecule has 0 spiro atoms. The van der Waals surface area contributed by atoms with Crippen molar-refractivity contribution in [3.63, 3.8) is 0 Å². The Kier molecular flexibility index (Phi) is 4.56. The Balaban J connectivity index is 3.08. The second-order valence-electron chi connectivity index (χ2n) is 3.13. The van der Waals surface area contributed by atoms with Gasteiger partial charge in [-0.05, 0) is 28.9 Å². The highest BCUT2D eigenvalue weighted by Gasteiger charge is 2.20. The highest BCUT2D eigenvalue weighted by molar-refractivity contribution is 9.10. The lowest BCUT2D eigenvalue weighted by molar-refractivity contribution is -0.385. The SMILES string of the molecule is CCOC(=O)Cc1cc(Br)c(F)cc1[N+](=O)[O-]. The van der Waals surface area contributed by atoms with Crippen LogP contribution in [0, 0.1) is 15.9 Å². The summed E-state index contributed by atoms with van der Waals surface area (Å²) < 4.78 is 17.9.